The first kappa shape index (κ1) is 19.9. The number of ether oxygens (including phenoxy) is 1. The van der Waals surface area contributed by atoms with Crippen LogP contribution in [0.3, 0.4) is 0 Å². The third kappa shape index (κ3) is 5.13. The van der Waals surface area contributed by atoms with Crippen molar-refractivity contribution in [1.29, 1.82) is 0 Å². The van der Waals surface area contributed by atoms with Gasteiger partial charge in [-0.2, -0.15) is 0 Å². The van der Waals surface area contributed by atoms with Gasteiger partial charge in [-0.15, -0.1) is 0 Å². The number of halogens is 1. The summed E-state index contributed by atoms with van der Waals surface area (Å²) in [5.74, 6) is -1.21. The van der Waals surface area contributed by atoms with Gasteiger partial charge in [0.25, 0.3) is 5.91 Å². The molecule has 7 nitrogen and oxygen atoms in total. The van der Waals surface area contributed by atoms with Crippen molar-refractivity contribution in [3.05, 3.63) is 83.4 Å². The molecule has 148 valence electrons. The van der Waals surface area contributed by atoms with Gasteiger partial charge in [-0.3, -0.25) is 4.79 Å². The Labute approximate surface area is 167 Å². The summed E-state index contributed by atoms with van der Waals surface area (Å²) < 4.78 is 18.7. The molecular weight excluding hydrogens is 375 g/mol. The maximum Gasteiger partial charge on any atom is 0.340 e. The molecule has 0 aliphatic rings. The van der Waals surface area contributed by atoms with E-state index >= 15 is 0 Å². The van der Waals surface area contributed by atoms with Gasteiger partial charge in [-0.05, 0) is 31.2 Å². The number of carbonyl (C=O) groups is 2. The summed E-state index contributed by atoms with van der Waals surface area (Å²) in [7, 11) is 0. The molecule has 0 fully saturated rings. The van der Waals surface area contributed by atoms with Crippen LogP contribution in [0.1, 0.15) is 33.3 Å². The molecule has 3 rings (SSSR count). The van der Waals surface area contributed by atoms with E-state index < -0.39 is 17.7 Å². The Kier molecular flexibility index (Phi) is 6.47. The minimum absolute atomic E-state index is 0.0317. The van der Waals surface area contributed by atoms with Gasteiger partial charge in [-0.25, -0.2) is 19.2 Å². The maximum atomic E-state index is 13.7. The number of aromatic nitrogens is 2. The van der Waals surface area contributed by atoms with Crippen molar-refractivity contribution in [2.75, 3.05) is 11.9 Å². The zero-order valence-electron chi connectivity index (χ0n) is 15.7. The average Bonchev–Trinajstić information content (AvgIpc) is 2.74. The number of benzene rings is 2. The molecule has 29 heavy (non-hydrogen) atoms. The predicted octanol–water partition coefficient (Wildman–Crippen LogP) is 3.47. The van der Waals surface area contributed by atoms with Gasteiger partial charge in [-0.1, -0.05) is 30.3 Å². The van der Waals surface area contributed by atoms with E-state index in [1.165, 1.54) is 18.3 Å². The summed E-state index contributed by atoms with van der Waals surface area (Å²) in [6.07, 6.45) is 1.42. The van der Waals surface area contributed by atoms with Crippen molar-refractivity contribution >= 4 is 23.5 Å². The van der Waals surface area contributed by atoms with Crippen LogP contribution in [0.5, 0.6) is 0 Å². The third-order valence-corrected chi connectivity index (χ3v) is 3.95. The maximum absolute atomic E-state index is 13.7. The largest absolute Gasteiger partial charge is 0.462 e. The van der Waals surface area contributed by atoms with Crippen molar-refractivity contribution in [3.8, 4) is 0 Å². The lowest BCUT2D eigenvalue weighted by atomic mass is 10.2. The van der Waals surface area contributed by atoms with Gasteiger partial charge in [0.15, 0.2) is 0 Å². The number of anilines is 2. The summed E-state index contributed by atoms with van der Waals surface area (Å²) in [5.41, 5.74) is 1.26. The van der Waals surface area contributed by atoms with Crippen LogP contribution in [0.25, 0.3) is 0 Å². The first-order chi connectivity index (χ1) is 14.1. The molecule has 0 spiro atoms. The summed E-state index contributed by atoms with van der Waals surface area (Å²) in [4.78, 5) is 32.7. The third-order valence-electron chi connectivity index (χ3n) is 3.95. The minimum Gasteiger partial charge on any atom is -0.462 e. The normalized spacial score (nSPS) is 10.3. The zero-order valence-corrected chi connectivity index (χ0v) is 15.7. The van der Waals surface area contributed by atoms with E-state index in [0.29, 0.717) is 16.8 Å². The Balaban J connectivity index is 1.72. The highest BCUT2D eigenvalue weighted by atomic mass is 19.1. The quantitative estimate of drug-likeness (QED) is 0.596. The molecule has 2 aromatic carbocycles. The molecular formula is C21H19FN4O3. The Bertz CT molecular complexity index is 1030. The summed E-state index contributed by atoms with van der Waals surface area (Å²) in [6.45, 7) is 2.01. The number of hydrogen-bond donors (Lipinski definition) is 2. The van der Waals surface area contributed by atoms with Crippen LogP contribution in [0.15, 0.2) is 60.8 Å². The monoisotopic (exact) mass is 394 g/mol. The van der Waals surface area contributed by atoms with E-state index in [9.17, 15) is 14.0 Å². The van der Waals surface area contributed by atoms with Crippen LogP contribution in [-0.4, -0.2) is 28.5 Å². The summed E-state index contributed by atoms with van der Waals surface area (Å²) in [6, 6.07) is 14.4. The lowest BCUT2D eigenvalue weighted by Crippen LogP contribution is -2.24. The Morgan fingerprint density at radius 2 is 1.83 bits per heavy atom. The predicted molar refractivity (Wildman–Crippen MR) is 105 cm³/mol. The second-order valence-corrected chi connectivity index (χ2v) is 5.93. The molecule has 3 aromatic rings. The fourth-order valence-corrected chi connectivity index (χ4v) is 2.55. The minimum atomic E-state index is -0.477. The van der Waals surface area contributed by atoms with Gasteiger partial charge < -0.3 is 15.4 Å². The number of carbonyl (C=O) groups excluding carboxylic acids is 2. The lowest BCUT2D eigenvalue weighted by molar-refractivity contribution is 0.0527. The lowest BCUT2D eigenvalue weighted by Gasteiger charge is -2.11. The van der Waals surface area contributed by atoms with Crippen LogP contribution >= 0.6 is 0 Å². The summed E-state index contributed by atoms with van der Waals surface area (Å²) in [5, 5.41) is 5.55. The van der Waals surface area contributed by atoms with Crippen molar-refractivity contribution in [2.24, 2.45) is 0 Å². The highest BCUT2D eigenvalue weighted by Gasteiger charge is 2.14. The SMILES string of the molecule is CCOC(=O)c1ccccc1Nc1nccc(C(=O)NCc2ccccc2F)n1. The van der Waals surface area contributed by atoms with E-state index in [0.717, 1.165) is 0 Å². The first-order valence-corrected chi connectivity index (χ1v) is 8.96. The van der Waals surface area contributed by atoms with Gasteiger partial charge >= 0.3 is 5.97 Å². The van der Waals surface area contributed by atoms with Crippen LogP contribution < -0.4 is 10.6 Å². The molecule has 0 saturated heterocycles. The van der Waals surface area contributed by atoms with Crippen LogP contribution in [0, 0.1) is 5.82 Å². The molecule has 8 heteroatoms. The molecule has 0 radical (unpaired) electrons. The van der Waals surface area contributed by atoms with Crippen molar-refractivity contribution < 1.29 is 18.7 Å². The molecule has 1 aromatic heterocycles. The summed E-state index contributed by atoms with van der Waals surface area (Å²) >= 11 is 0. The Hall–Kier alpha value is -3.81. The number of nitrogens with zero attached hydrogens (tertiary/aromatic N) is 2. The van der Waals surface area contributed by atoms with Crippen LogP contribution in [-0.2, 0) is 11.3 Å². The highest BCUT2D eigenvalue weighted by Crippen LogP contribution is 2.19. The highest BCUT2D eigenvalue weighted by molar-refractivity contribution is 5.96. The van der Waals surface area contributed by atoms with Crippen molar-refractivity contribution in [3.63, 3.8) is 0 Å². The fourth-order valence-electron chi connectivity index (χ4n) is 2.55. The molecule has 0 aliphatic carbocycles. The number of nitrogens with one attached hydrogen (secondary N) is 2. The molecule has 0 unspecified atom stereocenters. The molecule has 2 N–H and O–H groups in total. The van der Waals surface area contributed by atoms with E-state index in [2.05, 4.69) is 20.6 Å². The first-order valence-electron chi connectivity index (χ1n) is 8.96. The topological polar surface area (TPSA) is 93.2 Å². The Morgan fingerprint density at radius 1 is 1.07 bits per heavy atom. The van der Waals surface area contributed by atoms with Crippen molar-refractivity contribution in [2.45, 2.75) is 13.5 Å². The van der Waals surface area contributed by atoms with Gasteiger partial charge in [0.1, 0.15) is 11.5 Å². The molecule has 0 aliphatic heterocycles. The van der Waals surface area contributed by atoms with Crippen LogP contribution in [0.2, 0.25) is 0 Å². The van der Waals surface area contributed by atoms with Crippen molar-refractivity contribution in [1.82, 2.24) is 15.3 Å². The number of para-hydroxylation sites is 1. The van der Waals surface area contributed by atoms with E-state index in [4.69, 9.17) is 4.74 Å². The van der Waals surface area contributed by atoms with Gasteiger partial charge in [0.2, 0.25) is 5.95 Å². The van der Waals surface area contributed by atoms with Gasteiger partial charge in [0.05, 0.1) is 17.9 Å². The van der Waals surface area contributed by atoms with E-state index in [1.54, 1.807) is 49.4 Å². The van der Waals surface area contributed by atoms with E-state index in [-0.39, 0.29) is 24.8 Å². The second-order valence-electron chi connectivity index (χ2n) is 5.93. The second kappa shape index (κ2) is 9.41. The Morgan fingerprint density at radius 3 is 2.62 bits per heavy atom. The standard InChI is InChI=1S/C21H19FN4O3/c1-2-29-20(28)15-8-4-6-10-17(15)25-21-23-12-11-18(26-21)19(27)24-13-14-7-3-5-9-16(14)22/h3-12H,2,13H2,1H3,(H,24,27)(H,23,25,26). The molecule has 0 saturated carbocycles. The number of esters is 1. The molecule has 0 atom stereocenters. The van der Waals surface area contributed by atoms with E-state index in [1.807, 2.05) is 0 Å². The van der Waals surface area contributed by atoms with Crippen LogP contribution in [0.4, 0.5) is 16.0 Å². The van der Waals surface area contributed by atoms with Gasteiger partial charge in [0, 0.05) is 18.3 Å². The zero-order chi connectivity index (χ0) is 20.6. The number of amides is 1. The molecule has 1 heterocycles. The fraction of sp³-hybridized carbons (Fsp3) is 0.143. The molecule has 1 amide bonds. The smallest absolute Gasteiger partial charge is 0.340 e. The number of rotatable bonds is 7. The average molecular weight is 394 g/mol. The number of hydrogen-bond acceptors (Lipinski definition) is 6. The molecule has 0 bridgehead atoms.